The topological polar surface area (TPSA) is 24.9 Å². The minimum Gasteiger partial charge on any atom is -0.313 e. The van der Waals surface area contributed by atoms with Gasteiger partial charge in [-0.15, -0.1) is 11.3 Å². The van der Waals surface area contributed by atoms with Crippen LogP contribution in [0.1, 0.15) is 27.2 Å². The van der Waals surface area contributed by atoms with Crippen molar-refractivity contribution < 1.29 is 0 Å². The Bertz CT molecular complexity index is 236. The SMILES string of the molecule is CCC(C)NCC(C)Sc1nccs1. The molecule has 0 saturated carbocycles. The van der Waals surface area contributed by atoms with Crippen LogP contribution in [0, 0.1) is 0 Å². The molecule has 1 aromatic heterocycles. The second-order valence-corrected chi connectivity index (χ2v) is 6.02. The maximum atomic E-state index is 4.26. The number of aromatic nitrogens is 1. The summed E-state index contributed by atoms with van der Waals surface area (Å²) in [4.78, 5) is 4.26. The number of hydrogen-bond donors (Lipinski definition) is 1. The summed E-state index contributed by atoms with van der Waals surface area (Å²) in [6.45, 7) is 7.72. The average molecular weight is 230 g/mol. The van der Waals surface area contributed by atoms with Gasteiger partial charge in [-0.05, 0) is 13.3 Å². The van der Waals surface area contributed by atoms with Gasteiger partial charge in [0, 0.05) is 29.4 Å². The molecule has 0 bridgehead atoms. The predicted molar refractivity (Wildman–Crippen MR) is 65.2 cm³/mol. The molecule has 2 nitrogen and oxygen atoms in total. The van der Waals surface area contributed by atoms with Crippen molar-refractivity contribution in [3.05, 3.63) is 11.6 Å². The van der Waals surface area contributed by atoms with Crippen LogP contribution in [0.5, 0.6) is 0 Å². The molecule has 4 heteroatoms. The minimum absolute atomic E-state index is 0.593. The third kappa shape index (κ3) is 4.44. The van der Waals surface area contributed by atoms with Gasteiger partial charge in [0.15, 0.2) is 0 Å². The van der Waals surface area contributed by atoms with Crippen molar-refractivity contribution in [2.75, 3.05) is 6.54 Å². The fourth-order valence-electron chi connectivity index (χ4n) is 0.994. The molecule has 1 rings (SSSR count). The van der Waals surface area contributed by atoms with Crippen LogP contribution in [0.3, 0.4) is 0 Å². The first-order valence-electron chi connectivity index (χ1n) is 5.02. The van der Waals surface area contributed by atoms with Gasteiger partial charge in [0.05, 0.1) is 0 Å². The first-order valence-corrected chi connectivity index (χ1v) is 6.77. The summed E-state index contributed by atoms with van der Waals surface area (Å²) in [6, 6.07) is 0.620. The Morgan fingerprint density at radius 1 is 1.57 bits per heavy atom. The molecule has 0 aliphatic carbocycles. The summed E-state index contributed by atoms with van der Waals surface area (Å²) in [5.74, 6) is 0. The molecule has 1 aromatic rings. The Labute approximate surface area is 94.5 Å². The van der Waals surface area contributed by atoms with Gasteiger partial charge < -0.3 is 5.32 Å². The Hall–Kier alpha value is -0.0600. The highest BCUT2D eigenvalue weighted by Crippen LogP contribution is 2.24. The third-order valence-corrected chi connectivity index (χ3v) is 4.10. The lowest BCUT2D eigenvalue weighted by molar-refractivity contribution is 0.537. The Balaban J connectivity index is 2.19. The predicted octanol–water partition coefficient (Wildman–Crippen LogP) is 3.01. The van der Waals surface area contributed by atoms with Crippen LogP contribution in [0.2, 0.25) is 0 Å². The highest BCUT2D eigenvalue weighted by atomic mass is 32.2. The van der Waals surface area contributed by atoms with E-state index >= 15 is 0 Å². The van der Waals surface area contributed by atoms with E-state index in [1.807, 2.05) is 23.3 Å². The molecule has 0 amide bonds. The average Bonchev–Trinajstić information content (AvgIpc) is 2.66. The number of nitrogens with zero attached hydrogens (tertiary/aromatic N) is 1. The quantitative estimate of drug-likeness (QED) is 0.760. The molecule has 2 unspecified atom stereocenters. The van der Waals surface area contributed by atoms with Crippen molar-refractivity contribution in [2.24, 2.45) is 0 Å². The summed E-state index contributed by atoms with van der Waals surface area (Å²) < 4.78 is 1.17. The van der Waals surface area contributed by atoms with E-state index in [-0.39, 0.29) is 0 Å². The molecule has 14 heavy (non-hydrogen) atoms. The van der Waals surface area contributed by atoms with E-state index in [4.69, 9.17) is 0 Å². The van der Waals surface area contributed by atoms with Gasteiger partial charge in [0.1, 0.15) is 4.34 Å². The molecule has 0 saturated heterocycles. The Kier molecular flexibility index (Phi) is 5.52. The van der Waals surface area contributed by atoms with Crippen LogP contribution >= 0.6 is 23.1 Å². The highest BCUT2D eigenvalue weighted by molar-refractivity contribution is 8.01. The van der Waals surface area contributed by atoms with Crippen molar-refractivity contribution in [3.8, 4) is 0 Å². The maximum absolute atomic E-state index is 4.26. The van der Waals surface area contributed by atoms with Crippen LogP contribution < -0.4 is 5.32 Å². The molecule has 0 radical (unpaired) electrons. The second-order valence-electron chi connectivity index (χ2n) is 3.44. The van der Waals surface area contributed by atoms with Crippen molar-refractivity contribution in [1.29, 1.82) is 0 Å². The van der Waals surface area contributed by atoms with Gasteiger partial charge in [-0.3, -0.25) is 0 Å². The molecule has 0 fully saturated rings. The van der Waals surface area contributed by atoms with Gasteiger partial charge in [0.2, 0.25) is 0 Å². The zero-order valence-electron chi connectivity index (χ0n) is 8.99. The Morgan fingerprint density at radius 3 is 2.93 bits per heavy atom. The first kappa shape index (κ1) is 12.0. The zero-order valence-corrected chi connectivity index (χ0v) is 10.6. The number of hydrogen-bond acceptors (Lipinski definition) is 4. The van der Waals surface area contributed by atoms with E-state index in [1.54, 1.807) is 11.3 Å². The molecular weight excluding hydrogens is 212 g/mol. The summed E-state index contributed by atoms with van der Waals surface area (Å²) in [6.07, 6.45) is 3.05. The lowest BCUT2D eigenvalue weighted by Crippen LogP contribution is -2.30. The van der Waals surface area contributed by atoms with E-state index in [1.165, 1.54) is 10.8 Å². The van der Waals surface area contributed by atoms with E-state index in [9.17, 15) is 0 Å². The van der Waals surface area contributed by atoms with Gasteiger partial charge >= 0.3 is 0 Å². The molecule has 0 aliphatic rings. The zero-order chi connectivity index (χ0) is 10.4. The fraction of sp³-hybridized carbons (Fsp3) is 0.700. The lowest BCUT2D eigenvalue weighted by Gasteiger charge is -2.14. The lowest BCUT2D eigenvalue weighted by atomic mass is 10.2. The standard InChI is InChI=1S/C10H18N2S2/c1-4-8(2)12-7-9(3)14-10-11-5-6-13-10/h5-6,8-9,12H,4,7H2,1-3H3. The largest absolute Gasteiger partial charge is 0.313 e. The maximum Gasteiger partial charge on any atom is 0.150 e. The van der Waals surface area contributed by atoms with Crippen molar-refractivity contribution in [3.63, 3.8) is 0 Å². The molecule has 0 aliphatic heterocycles. The molecule has 0 aromatic carbocycles. The van der Waals surface area contributed by atoms with Crippen molar-refractivity contribution >= 4 is 23.1 Å². The fourth-order valence-corrected chi connectivity index (χ4v) is 2.88. The van der Waals surface area contributed by atoms with Gasteiger partial charge in [0.25, 0.3) is 0 Å². The van der Waals surface area contributed by atoms with Gasteiger partial charge in [-0.2, -0.15) is 0 Å². The van der Waals surface area contributed by atoms with E-state index in [2.05, 4.69) is 31.1 Å². The van der Waals surface area contributed by atoms with Crippen LogP contribution in [-0.4, -0.2) is 22.8 Å². The van der Waals surface area contributed by atoms with Crippen LogP contribution in [0.15, 0.2) is 15.9 Å². The van der Waals surface area contributed by atoms with Gasteiger partial charge in [-0.1, -0.05) is 25.6 Å². The van der Waals surface area contributed by atoms with Crippen LogP contribution in [-0.2, 0) is 0 Å². The molecule has 2 atom stereocenters. The number of nitrogens with one attached hydrogen (secondary N) is 1. The number of thioether (sulfide) groups is 1. The van der Waals surface area contributed by atoms with Crippen LogP contribution in [0.4, 0.5) is 0 Å². The second kappa shape index (κ2) is 6.43. The molecule has 80 valence electrons. The van der Waals surface area contributed by atoms with E-state index < -0.39 is 0 Å². The van der Waals surface area contributed by atoms with E-state index in [0.29, 0.717) is 11.3 Å². The number of thiazole rings is 1. The van der Waals surface area contributed by atoms with Crippen molar-refractivity contribution in [2.45, 2.75) is 42.8 Å². The summed E-state index contributed by atoms with van der Waals surface area (Å²) in [5.41, 5.74) is 0. The molecule has 0 spiro atoms. The molecular formula is C10H18N2S2. The Morgan fingerprint density at radius 2 is 2.36 bits per heavy atom. The monoisotopic (exact) mass is 230 g/mol. The normalized spacial score (nSPS) is 15.4. The first-order chi connectivity index (χ1) is 6.72. The number of rotatable bonds is 6. The smallest absolute Gasteiger partial charge is 0.150 e. The summed E-state index contributed by atoms with van der Waals surface area (Å²) in [5, 5.41) is 6.12. The summed E-state index contributed by atoms with van der Waals surface area (Å²) in [7, 11) is 0. The van der Waals surface area contributed by atoms with Crippen molar-refractivity contribution in [1.82, 2.24) is 10.3 Å². The third-order valence-electron chi connectivity index (χ3n) is 2.08. The highest BCUT2D eigenvalue weighted by Gasteiger charge is 2.07. The summed E-state index contributed by atoms with van der Waals surface area (Å²) >= 11 is 3.56. The molecule has 1 heterocycles. The molecule has 1 N–H and O–H groups in total. The van der Waals surface area contributed by atoms with E-state index in [0.717, 1.165) is 6.54 Å². The van der Waals surface area contributed by atoms with Gasteiger partial charge in [-0.25, -0.2) is 4.98 Å². The minimum atomic E-state index is 0.593. The van der Waals surface area contributed by atoms with Crippen LogP contribution in [0.25, 0.3) is 0 Å².